The number of carbonyl (C=O) groups is 2. The second-order valence-corrected chi connectivity index (χ2v) is 5.95. The van der Waals surface area contributed by atoms with Gasteiger partial charge in [-0.3, -0.25) is 9.59 Å². The second-order valence-electron chi connectivity index (χ2n) is 5.95. The molecular weight excluding hydrogens is 276 g/mol. The van der Waals surface area contributed by atoms with Crippen molar-refractivity contribution >= 4 is 17.5 Å². The number of hydrogen-bond acceptors (Lipinski definition) is 2. The monoisotopic (exact) mass is 302 g/mol. The van der Waals surface area contributed by atoms with Gasteiger partial charge in [0.1, 0.15) is 0 Å². The van der Waals surface area contributed by atoms with Crippen LogP contribution in [0.5, 0.6) is 0 Å². The number of carbonyl (C=O) groups excluding carboxylic acids is 2. The summed E-state index contributed by atoms with van der Waals surface area (Å²) in [6, 6.07) is 7.82. The van der Waals surface area contributed by atoms with E-state index in [1.807, 2.05) is 24.3 Å². The molecule has 4 nitrogen and oxygen atoms in total. The van der Waals surface area contributed by atoms with Gasteiger partial charge >= 0.3 is 0 Å². The molecule has 2 amide bonds. The third-order valence-corrected chi connectivity index (χ3v) is 4.20. The van der Waals surface area contributed by atoms with Gasteiger partial charge in [0.05, 0.1) is 11.8 Å². The lowest BCUT2D eigenvalue weighted by molar-refractivity contribution is -0.125. The molecule has 1 aromatic carbocycles. The number of amides is 2. The van der Waals surface area contributed by atoms with Gasteiger partial charge in [-0.15, -0.1) is 0 Å². The van der Waals surface area contributed by atoms with Gasteiger partial charge in [-0.25, -0.2) is 0 Å². The Morgan fingerprint density at radius 3 is 2.55 bits per heavy atom. The van der Waals surface area contributed by atoms with Crippen molar-refractivity contribution in [3.63, 3.8) is 0 Å². The highest BCUT2D eigenvalue weighted by molar-refractivity contribution is 5.99. The number of hydrogen-bond donors (Lipinski definition) is 2. The lowest BCUT2D eigenvalue weighted by atomic mass is 10.1. The Morgan fingerprint density at radius 2 is 1.82 bits per heavy atom. The SMILES string of the molecule is CCCCCNC(=O)C1CC1C(=O)Nc1ccccc1CC. The third-order valence-electron chi connectivity index (χ3n) is 4.20. The number of rotatable bonds is 8. The van der Waals surface area contributed by atoms with Crippen molar-refractivity contribution in [2.75, 3.05) is 11.9 Å². The predicted molar refractivity (Wildman–Crippen MR) is 88.6 cm³/mol. The van der Waals surface area contributed by atoms with Crippen molar-refractivity contribution in [3.8, 4) is 0 Å². The van der Waals surface area contributed by atoms with E-state index < -0.39 is 0 Å². The van der Waals surface area contributed by atoms with Gasteiger partial charge in [0.15, 0.2) is 0 Å². The summed E-state index contributed by atoms with van der Waals surface area (Å²) in [4.78, 5) is 24.2. The molecule has 1 saturated carbocycles. The van der Waals surface area contributed by atoms with Crippen molar-refractivity contribution in [2.24, 2.45) is 11.8 Å². The highest BCUT2D eigenvalue weighted by Crippen LogP contribution is 2.39. The molecule has 2 unspecified atom stereocenters. The molecule has 0 heterocycles. The first-order valence-corrected chi connectivity index (χ1v) is 8.33. The van der Waals surface area contributed by atoms with Crippen LogP contribution in [0.25, 0.3) is 0 Å². The second kappa shape index (κ2) is 7.97. The number of benzene rings is 1. The molecule has 2 rings (SSSR count). The number of unbranched alkanes of at least 4 members (excludes halogenated alkanes) is 2. The molecule has 0 spiro atoms. The lowest BCUT2D eigenvalue weighted by Gasteiger charge is -2.09. The number of nitrogens with one attached hydrogen (secondary N) is 2. The van der Waals surface area contributed by atoms with E-state index in [4.69, 9.17) is 0 Å². The van der Waals surface area contributed by atoms with Crippen molar-refractivity contribution in [2.45, 2.75) is 46.0 Å². The summed E-state index contributed by atoms with van der Waals surface area (Å²) in [5, 5.41) is 5.90. The van der Waals surface area contributed by atoms with Crippen molar-refractivity contribution in [1.82, 2.24) is 5.32 Å². The molecule has 2 atom stereocenters. The van der Waals surface area contributed by atoms with E-state index in [-0.39, 0.29) is 23.7 Å². The minimum Gasteiger partial charge on any atom is -0.356 e. The Hall–Kier alpha value is -1.84. The Bertz CT molecular complexity index is 528. The fourth-order valence-corrected chi connectivity index (χ4v) is 2.67. The fourth-order valence-electron chi connectivity index (χ4n) is 2.67. The van der Waals surface area contributed by atoms with E-state index in [9.17, 15) is 9.59 Å². The first kappa shape index (κ1) is 16.5. The van der Waals surface area contributed by atoms with Gasteiger partial charge < -0.3 is 10.6 Å². The maximum atomic E-state index is 12.2. The van der Waals surface area contributed by atoms with Crippen LogP contribution in [0.1, 0.15) is 45.1 Å². The Kier molecular flexibility index (Phi) is 5.99. The number of aryl methyl sites for hydroxylation is 1. The average Bonchev–Trinajstić information content (AvgIpc) is 3.32. The highest BCUT2D eigenvalue weighted by atomic mass is 16.2. The minimum absolute atomic E-state index is 0.0278. The van der Waals surface area contributed by atoms with Crippen LogP contribution in [0.2, 0.25) is 0 Å². The maximum Gasteiger partial charge on any atom is 0.228 e. The fraction of sp³-hybridized carbons (Fsp3) is 0.556. The average molecular weight is 302 g/mol. The summed E-state index contributed by atoms with van der Waals surface area (Å²) in [5.74, 6) is -0.318. The summed E-state index contributed by atoms with van der Waals surface area (Å²) in [7, 11) is 0. The molecular formula is C18H26N2O2. The van der Waals surface area contributed by atoms with Gasteiger partial charge in [-0.1, -0.05) is 44.9 Å². The van der Waals surface area contributed by atoms with Crippen LogP contribution in [0, 0.1) is 11.8 Å². The molecule has 0 radical (unpaired) electrons. The molecule has 0 aromatic heterocycles. The van der Waals surface area contributed by atoms with Crippen LogP contribution < -0.4 is 10.6 Å². The van der Waals surface area contributed by atoms with Gasteiger partial charge in [0.2, 0.25) is 11.8 Å². The van der Waals surface area contributed by atoms with Gasteiger partial charge in [-0.05, 0) is 30.9 Å². The van der Waals surface area contributed by atoms with E-state index in [1.54, 1.807) is 0 Å². The van der Waals surface area contributed by atoms with Crippen LogP contribution in [0.3, 0.4) is 0 Å². The van der Waals surface area contributed by atoms with Crippen LogP contribution in [0.15, 0.2) is 24.3 Å². The number of para-hydroxylation sites is 1. The molecule has 0 aliphatic heterocycles. The first-order chi connectivity index (χ1) is 10.7. The maximum absolute atomic E-state index is 12.2. The molecule has 2 N–H and O–H groups in total. The van der Waals surface area contributed by atoms with Gasteiger partial charge in [0, 0.05) is 12.2 Å². The molecule has 22 heavy (non-hydrogen) atoms. The van der Waals surface area contributed by atoms with Crippen molar-refractivity contribution in [3.05, 3.63) is 29.8 Å². The Balaban J connectivity index is 1.79. The molecule has 1 aliphatic rings. The zero-order valence-corrected chi connectivity index (χ0v) is 13.5. The topological polar surface area (TPSA) is 58.2 Å². The van der Waals surface area contributed by atoms with E-state index in [2.05, 4.69) is 24.5 Å². The standard InChI is InChI=1S/C18H26N2O2/c1-3-5-8-11-19-17(21)14-12-15(14)18(22)20-16-10-7-6-9-13(16)4-2/h6-7,9-10,14-15H,3-5,8,11-12H2,1-2H3,(H,19,21)(H,20,22). The Morgan fingerprint density at radius 1 is 1.09 bits per heavy atom. The third kappa shape index (κ3) is 4.33. The van der Waals surface area contributed by atoms with Crippen LogP contribution in [0.4, 0.5) is 5.69 Å². The smallest absolute Gasteiger partial charge is 0.228 e. The molecule has 1 fully saturated rings. The first-order valence-electron chi connectivity index (χ1n) is 8.33. The largest absolute Gasteiger partial charge is 0.356 e. The highest BCUT2D eigenvalue weighted by Gasteiger charge is 2.47. The van der Waals surface area contributed by atoms with Crippen LogP contribution in [-0.4, -0.2) is 18.4 Å². The van der Waals surface area contributed by atoms with E-state index in [0.29, 0.717) is 6.42 Å². The Labute approximate surface area is 132 Å². The van der Waals surface area contributed by atoms with Crippen LogP contribution in [-0.2, 0) is 16.0 Å². The lowest BCUT2D eigenvalue weighted by Crippen LogP contribution is -2.28. The van der Waals surface area contributed by atoms with E-state index in [0.717, 1.165) is 43.5 Å². The molecule has 0 saturated heterocycles. The van der Waals surface area contributed by atoms with Gasteiger partial charge in [0.25, 0.3) is 0 Å². The summed E-state index contributed by atoms with van der Waals surface area (Å²) in [5.41, 5.74) is 1.99. The molecule has 1 aromatic rings. The number of anilines is 1. The van der Waals surface area contributed by atoms with E-state index >= 15 is 0 Å². The zero-order valence-electron chi connectivity index (χ0n) is 13.5. The minimum atomic E-state index is -0.170. The van der Waals surface area contributed by atoms with Crippen molar-refractivity contribution in [1.29, 1.82) is 0 Å². The van der Waals surface area contributed by atoms with Crippen molar-refractivity contribution < 1.29 is 9.59 Å². The molecule has 120 valence electrons. The van der Waals surface area contributed by atoms with Crippen LogP contribution >= 0.6 is 0 Å². The molecule has 1 aliphatic carbocycles. The summed E-state index contributed by atoms with van der Waals surface area (Å²) in [6.45, 7) is 4.92. The zero-order chi connectivity index (χ0) is 15.9. The van der Waals surface area contributed by atoms with E-state index in [1.165, 1.54) is 0 Å². The predicted octanol–water partition coefficient (Wildman–Crippen LogP) is 3.13. The summed E-state index contributed by atoms with van der Waals surface area (Å²) >= 11 is 0. The summed E-state index contributed by atoms with van der Waals surface area (Å²) in [6.07, 6.45) is 4.82. The molecule has 4 heteroatoms. The molecule has 0 bridgehead atoms. The quantitative estimate of drug-likeness (QED) is 0.725. The normalized spacial score (nSPS) is 19.5. The van der Waals surface area contributed by atoms with Gasteiger partial charge in [-0.2, -0.15) is 0 Å². The summed E-state index contributed by atoms with van der Waals surface area (Å²) < 4.78 is 0.